The summed E-state index contributed by atoms with van der Waals surface area (Å²) in [6.07, 6.45) is 1.39. The van der Waals surface area contributed by atoms with Gasteiger partial charge in [0.2, 0.25) is 0 Å². The van der Waals surface area contributed by atoms with Crippen molar-refractivity contribution in [2.75, 3.05) is 6.54 Å². The molecule has 0 saturated carbocycles. The van der Waals surface area contributed by atoms with Gasteiger partial charge in [-0.3, -0.25) is 4.79 Å². The van der Waals surface area contributed by atoms with Gasteiger partial charge in [-0.15, -0.1) is 0 Å². The van der Waals surface area contributed by atoms with Crippen LogP contribution in [-0.2, 0) is 11.2 Å². The lowest BCUT2D eigenvalue weighted by Crippen LogP contribution is -2.36. The monoisotopic (exact) mass is 339 g/mol. The number of amides is 1. The fourth-order valence-corrected chi connectivity index (χ4v) is 2.66. The van der Waals surface area contributed by atoms with Crippen LogP contribution in [0.5, 0.6) is 5.75 Å². The van der Waals surface area contributed by atoms with Gasteiger partial charge < -0.3 is 10.1 Å². The Kier molecular flexibility index (Phi) is 7.05. The number of carbonyl (C=O) groups excluding carboxylic acids is 1. The Labute approximate surface area is 151 Å². The molecule has 0 aliphatic rings. The SMILES string of the molecule is Cc1cccc(O[C@H](C)C(=O)NCCCc2ccc(C(C)C)cc2)c1. The molecule has 0 aliphatic heterocycles. The van der Waals surface area contributed by atoms with E-state index >= 15 is 0 Å². The third-order valence-corrected chi connectivity index (χ3v) is 4.26. The summed E-state index contributed by atoms with van der Waals surface area (Å²) in [6.45, 7) is 8.84. The summed E-state index contributed by atoms with van der Waals surface area (Å²) in [7, 11) is 0. The predicted octanol–water partition coefficient (Wildman–Crippen LogP) is 4.63. The van der Waals surface area contributed by atoms with E-state index in [1.807, 2.05) is 31.2 Å². The molecule has 0 aromatic heterocycles. The molecule has 134 valence electrons. The largest absolute Gasteiger partial charge is 0.481 e. The van der Waals surface area contributed by atoms with Gasteiger partial charge in [0, 0.05) is 6.54 Å². The standard InChI is InChI=1S/C22H29NO2/c1-16(2)20-12-10-19(11-13-20)8-6-14-23-22(24)18(4)25-21-9-5-7-17(3)15-21/h5,7,9-13,15-16,18H,6,8,14H2,1-4H3,(H,23,24)/t18-/m1/s1. The van der Waals surface area contributed by atoms with Crippen LogP contribution in [0.4, 0.5) is 0 Å². The van der Waals surface area contributed by atoms with Gasteiger partial charge in [0.05, 0.1) is 0 Å². The molecular formula is C22H29NO2. The molecule has 0 radical (unpaired) electrons. The number of carbonyl (C=O) groups is 1. The van der Waals surface area contributed by atoms with E-state index in [2.05, 4.69) is 43.4 Å². The Morgan fingerprint density at radius 3 is 2.44 bits per heavy atom. The number of nitrogens with one attached hydrogen (secondary N) is 1. The van der Waals surface area contributed by atoms with E-state index in [-0.39, 0.29) is 5.91 Å². The van der Waals surface area contributed by atoms with E-state index in [1.165, 1.54) is 11.1 Å². The van der Waals surface area contributed by atoms with Crippen LogP contribution in [0, 0.1) is 6.92 Å². The Balaban J connectivity index is 1.71. The van der Waals surface area contributed by atoms with Gasteiger partial charge >= 0.3 is 0 Å². The molecule has 0 aliphatic carbocycles. The lowest BCUT2D eigenvalue weighted by atomic mass is 10.0. The summed E-state index contributed by atoms with van der Waals surface area (Å²) in [5.41, 5.74) is 3.79. The summed E-state index contributed by atoms with van der Waals surface area (Å²) in [5, 5.41) is 2.95. The van der Waals surface area contributed by atoms with Crippen molar-refractivity contribution in [1.29, 1.82) is 0 Å². The minimum Gasteiger partial charge on any atom is -0.481 e. The van der Waals surface area contributed by atoms with Crippen molar-refractivity contribution in [2.45, 2.75) is 52.6 Å². The summed E-state index contributed by atoms with van der Waals surface area (Å²) in [5.74, 6) is 1.22. The smallest absolute Gasteiger partial charge is 0.260 e. The molecule has 1 N–H and O–H groups in total. The fourth-order valence-electron chi connectivity index (χ4n) is 2.66. The van der Waals surface area contributed by atoms with E-state index in [9.17, 15) is 4.79 Å². The van der Waals surface area contributed by atoms with Crippen molar-refractivity contribution in [1.82, 2.24) is 5.32 Å². The average Bonchev–Trinajstić information content (AvgIpc) is 2.59. The van der Waals surface area contributed by atoms with Crippen molar-refractivity contribution in [3.8, 4) is 5.75 Å². The van der Waals surface area contributed by atoms with E-state index in [0.717, 1.165) is 24.2 Å². The van der Waals surface area contributed by atoms with Crippen molar-refractivity contribution >= 4 is 5.91 Å². The quantitative estimate of drug-likeness (QED) is 0.712. The van der Waals surface area contributed by atoms with E-state index in [4.69, 9.17) is 4.74 Å². The first-order valence-corrected chi connectivity index (χ1v) is 9.05. The third-order valence-electron chi connectivity index (χ3n) is 4.26. The second-order valence-electron chi connectivity index (χ2n) is 6.87. The molecule has 0 bridgehead atoms. The number of rotatable bonds is 8. The Morgan fingerprint density at radius 2 is 1.80 bits per heavy atom. The zero-order valence-electron chi connectivity index (χ0n) is 15.7. The van der Waals surface area contributed by atoms with Gasteiger partial charge in [-0.2, -0.15) is 0 Å². The van der Waals surface area contributed by atoms with Crippen LogP contribution >= 0.6 is 0 Å². The third kappa shape index (κ3) is 6.26. The number of hydrogen-bond donors (Lipinski definition) is 1. The van der Waals surface area contributed by atoms with Crippen molar-refractivity contribution in [3.05, 3.63) is 65.2 Å². The molecule has 3 heteroatoms. The Morgan fingerprint density at radius 1 is 1.08 bits per heavy atom. The lowest BCUT2D eigenvalue weighted by molar-refractivity contribution is -0.127. The highest BCUT2D eigenvalue weighted by molar-refractivity contribution is 5.80. The molecule has 2 rings (SSSR count). The van der Waals surface area contributed by atoms with Gasteiger partial charge in [-0.1, -0.05) is 50.2 Å². The van der Waals surface area contributed by atoms with Crippen LogP contribution in [0.2, 0.25) is 0 Å². The maximum Gasteiger partial charge on any atom is 0.260 e. The van der Waals surface area contributed by atoms with Crippen LogP contribution in [0.25, 0.3) is 0 Å². The minimum atomic E-state index is -0.493. The summed E-state index contributed by atoms with van der Waals surface area (Å²) >= 11 is 0. The highest BCUT2D eigenvalue weighted by Crippen LogP contribution is 2.16. The summed E-state index contributed by atoms with van der Waals surface area (Å²) < 4.78 is 5.70. The van der Waals surface area contributed by atoms with Crippen LogP contribution in [0.3, 0.4) is 0 Å². The number of ether oxygens (including phenoxy) is 1. The second-order valence-corrected chi connectivity index (χ2v) is 6.87. The summed E-state index contributed by atoms with van der Waals surface area (Å²) in [6, 6.07) is 16.5. The van der Waals surface area contributed by atoms with E-state index in [1.54, 1.807) is 6.92 Å². The molecule has 1 atom stereocenters. The molecule has 0 unspecified atom stereocenters. The maximum absolute atomic E-state index is 12.1. The van der Waals surface area contributed by atoms with Crippen LogP contribution in [0.15, 0.2) is 48.5 Å². The number of hydrogen-bond acceptors (Lipinski definition) is 2. The van der Waals surface area contributed by atoms with Gasteiger partial charge in [-0.25, -0.2) is 0 Å². The first-order chi connectivity index (χ1) is 12.0. The topological polar surface area (TPSA) is 38.3 Å². The van der Waals surface area contributed by atoms with Crippen molar-refractivity contribution in [3.63, 3.8) is 0 Å². The molecule has 2 aromatic carbocycles. The molecule has 0 saturated heterocycles. The molecule has 0 heterocycles. The predicted molar refractivity (Wildman–Crippen MR) is 103 cm³/mol. The zero-order chi connectivity index (χ0) is 18.2. The van der Waals surface area contributed by atoms with Crippen LogP contribution < -0.4 is 10.1 Å². The van der Waals surface area contributed by atoms with Gasteiger partial charge in [0.1, 0.15) is 5.75 Å². The lowest BCUT2D eigenvalue weighted by Gasteiger charge is -2.15. The van der Waals surface area contributed by atoms with Crippen molar-refractivity contribution < 1.29 is 9.53 Å². The average molecular weight is 339 g/mol. The normalized spacial score (nSPS) is 12.0. The number of aryl methyl sites for hydroxylation is 2. The van der Waals surface area contributed by atoms with Gasteiger partial charge in [-0.05, 0) is 61.4 Å². The van der Waals surface area contributed by atoms with Crippen LogP contribution in [0.1, 0.15) is 49.8 Å². The molecule has 2 aromatic rings. The number of benzene rings is 2. The molecule has 0 spiro atoms. The molecule has 0 fully saturated rings. The maximum atomic E-state index is 12.1. The van der Waals surface area contributed by atoms with Crippen LogP contribution in [-0.4, -0.2) is 18.6 Å². The van der Waals surface area contributed by atoms with Crippen molar-refractivity contribution in [2.24, 2.45) is 0 Å². The highest BCUT2D eigenvalue weighted by Gasteiger charge is 2.13. The minimum absolute atomic E-state index is 0.0725. The first kappa shape index (κ1) is 19.0. The molecule has 1 amide bonds. The second kappa shape index (κ2) is 9.26. The molecular weight excluding hydrogens is 310 g/mol. The first-order valence-electron chi connectivity index (χ1n) is 9.05. The van der Waals surface area contributed by atoms with Gasteiger partial charge in [0.15, 0.2) is 6.10 Å². The molecule has 25 heavy (non-hydrogen) atoms. The fraction of sp³-hybridized carbons (Fsp3) is 0.409. The van der Waals surface area contributed by atoms with E-state index < -0.39 is 6.10 Å². The van der Waals surface area contributed by atoms with E-state index in [0.29, 0.717) is 12.5 Å². The Bertz CT molecular complexity index is 677. The molecule has 3 nitrogen and oxygen atoms in total. The zero-order valence-corrected chi connectivity index (χ0v) is 15.7. The highest BCUT2D eigenvalue weighted by atomic mass is 16.5. The van der Waals surface area contributed by atoms with Gasteiger partial charge in [0.25, 0.3) is 5.91 Å². The summed E-state index contributed by atoms with van der Waals surface area (Å²) in [4.78, 5) is 12.1. The Hall–Kier alpha value is -2.29.